The molecule has 0 radical (unpaired) electrons. The van der Waals surface area contributed by atoms with Gasteiger partial charge < -0.3 is 4.74 Å². The van der Waals surface area contributed by atoms with Crippen LogP contribution in [0.2, 0.25) is 10.2 Å². The second kappa shape index (κ2) is 9.71. The number of ether oxygens (including phenoxy) is 1. The fraction of sp³-hybridized carbons (Fsp3) is 0.280. The molecular weight excluding hydrogens is 431 g/mol. The minimum absolute atomic E-state index is 0.0886. The van der Waals surface area contributed by atoms with Gasteiger partial charge in [0.15, 0.2) is 0 Å². The minimum Gasteiger partial charge on any atom is -0.458 e. The first-order valence-corrected chi connectivity index (χ1v) is 10.8. The molecule has 0 spiro atoms. The summed E-state index contributed by atoms with van der Waals surface area (Å²) in [6, 6.07) is 15.6. The van der Waals surface area contributed by atoms with Crippen LogP contribution in [0.5, 0.6) is 0 Å². The van der Waals surface area contributed by atoms with Gasteiger partial charge in [0, 0.05) is 16.7 Å². The number of benzene rings is 2. The summed E-state index contributed by atoms with van der Waals surface area (Å²) in [4.78, 5) is 12.2. The summed E-state index contributed by atoms with van der Waals surface area (Å²) in [6.07, 6.45) is 3.01. The molecule has 1 heterocycles. The molecule has 0 N–H and O–H groups in total. The van der Waals surface area contributed by atoms with Gasteiger partial charge in [0.1, 0.15) is 11.8 Å². The Labute approximate surface area is 193 Å². The molecule has 1 aromatic heterocycles. The Morgan fingerprint density at radius 2 is 1.77 bits per heavy atom. The zero-order chi connectivity index (χ0) is 22.6. The number of aromatic nitrogens is 2. The van der Waals surface area contributed by atoms with Gasteiger partial charge in [-0.1, -0.05) is 86.4 Å². The lowest BCUT2D eigenvalue weighted by Crippen LogP contribution is -2.10. The molecule has 0 saturated carbocycles. The van der Waals surface area contributed by atoms with Crippen LogP contribution in [0.15, 0.2) is 54.6 Å². The molecule has 31 heavy (non-hydrogen) atoms. The number of halogens is 2. The van der Waals surface area contributed by atoms with E-state index in [0.29, 0.717) is 22.3 Å². The maximum atomic E-state index is 12.2. The molecule has 3 aromatic rings. The first-order valence-electron chi connectivity index (χ1n) is 10.1. The van der Waals surface area contributed by atoms with Gasteiger partial charge in [-0.2, -0.15) is 5.10 Å². The number of hydrogen-bond donors (Lipinski definition) is 0. The van der Waals surface area contributed by atoms with E-state index in [1.807, 2.05) is 43.3 Å². The fourth-order valence-corrected chi connectivity index (χ4v) is 3.60. The number of rotatable bonds is 6. The highest BCUT2D eigenvalue weighted by molar-refractivity contribution is 6.32. The number of carbonyl (C=O) groups is 1. The maximum absolute atomic E-state index is 12.2. The van der Waals surface area contributed by atoms with Crippen molar-refractivity contribution in [2.24, 2.45) is 0 Å². The molecule has 4 nitrogen and oxygen atoms in total. The Morgan fingerprint density at radius 1 is 1.10 bits per heavy atom. The summed E-state index contributed by atoms with van der Waals surface area (Å²) < 4.78 is 7.03. The van der Waals surface area contributed by atoms with Crippen molar-refractivity contribution in [3.8, 4) is 0 Å². The van der Waals surface area contributed by atoms with Gasteiger partial charge in [-0.25, -0.2) is 9.48 Å². The molecule has 0 unspecified atom stereocenters. The largest absolute Gasteiger partial charge is 0.458 e. The topological polar surface area (TPSA) is 44.1 Å². The summed E-state index contributed by atoms with van der Waals surface area (Å²) >= 11 is 12.7. The van der Waals surface area contributed by atoms with Crippen LogP contribution in [0.25, 0.3) is 6.08 Å². The van der Waals surface area contributed by atoms with E-state index in [4.69, 9.17) is 27.9 Å². The highest BCUT2D eigenvalue weighted by Crippen LogP contribution is 2.25. The van der Waals surface area contributed by atoms with Crippen LogP contribution in [0, 0.1) is 6.92 Å². The molecule has 0 bridgehead atoms. The zero-order valence-corrected chi connectivity index (χ0v) is 19.7. The van der Waals surface area contributed by atoms with E-state index in [0.717, 1.165) is 16.8 Å². The smallest absolute Gasteiger partial charge is 0.331 e. The van der Waals surface area contributed by atoms with Gasteiger partial charge in [0.05, 0.1) is 12.2 Å². The predicted molar refractivity (Wildman–Crippen MR) is 127 cm³/mol. The molecular formula is C25H26Cl2N2O2. The van der Waals surface area contributed by atoms with E-state index in [2.05, 4.69) is 38.0 Å². The van der Waals surface area contributed by atoms with E-state index in [1.54, 1.807) is 10.8 Å². The highest BCUT2D eigenvalue weighted by atomic mass is 35.5. The van der Waals surface area contributed by atoms with Gasteiger partial charge >= 0.3 is 5.97 Å². The van der Waals surface area contributed by atoms with Crippen molar-refractivity contribution in [1.82, 2.24) is 9.78 Å². The monoisotopic (exact) mass is 456 g/mol. The Bertz CT molecular complexity index is 1090. The van der Waals surface area contributed by atoms with Gasteiger partial charge in [0.2, 0.25) is 0 Å². The van der Waals surface area contributed by atoms with E-state index < -0.39 is 5.97 Å². The summed E-state index contributed by atoms with van der Waals surface area (Å²) in [7, 11) is 0. The van der Waals surface area contributed by atoms with Gasteiger partial charge in [-0.15, -0.1) is 0 Å². The molecule has 0 amide bonds. The molecule has 162 valence electrons. The molecule has 0 aliphatic carbocycles. The zero-order valence-electron chi connectivity index (χ0n) is 18.2. The van der Waals surface area contributed by atoms with E-state index in [1.165, 1.54) is 11.6 Å². The number of hydrogen-bond acceptors (Lipinski definition) is 3. The summed E-state index contributed by atoms with van der Waals surface area (Å²) in [5.41, 5.74) is 4.59. The molecule has 0 aliphatic heterocycles. The molecule has 6 heteroatoms. The van der Waals surface area contributed by atoms with Crippen molar-refractivity contribution in [2.45, 2.75) is 46.3 Å². The first-order chi connectivity index (χ1) is 14.6. The Balaban J connectivity index is 1.63. The molecule has 0 atom stereocenters. The second-order valence-corrected chi connectivity index (χ2v) is 9.19. The van der Waals surface area contributed by atoms with Crippen molar-refractivity contribution in [3.05, 3.63) is 92.7 Å². The summed E-state index contributed by atoms with van der Waals surface area (Å²) in [6.45, 7) is 8.99. The van der Waals surface area contributed by atoms with Gasteiger partial charge in [0.25, 0.3) is 0 Å². The number of carbonyl (C=O) groups excluding carboxylic acids is 1. The maximum Gasteiger partial charge on any atom is 0.331 e. The van der Waals surface area contributed by atoms with Crippen LogP contribution in [0.1, 0.15) is 48.7 Å². The molecule has 0 aliphatic rings. The quantitative estimate of drug-likeness (QED) is 0.309. The number of esters is 1. The first kappa shape index (κ1) is 23.1. The Kier molecular flexibility index (Phi) is 7.24. The molecule has 0 fully saturated rings. The molecule has 3 rings (SSSR count). The van der Waals surface area contributed by atoms with Crippen molar-refractivity contribution < 1.29 is 9.53 Å². The Morgan fingerprint density at radius 3 is 2.42 bits per heavy atom. The van der Waals surface area contributed by atoms with E-state index in [9.17, 15) is 4.79 Å². The van der Waals surface area contributed by atoms with Crippen LogP contribution in [0.4, 0.5) is 0 Å². The SMILES string of the molecule is Cc1nn(Cc2ccccc2Cl)c(Cl)c1C=CC(=O)OCc1ccc(C(C)(C)C)cc1. The second-order valence-electron chi connectivity index (χ2n) is 8.43. The highest BCUT2D eigenvalue weighted by Gasteiger charge is 2.14. The fourth-order valence-electron chi connectivity index (χ4n) is 3.10. The van der Waals surface area contributed by atoms with Crippen molar-refractivity contribution in [1.29, 1.82) is 0 Å². The van der Waals surface area contributed by atoms with Crippen molar-refractivity contribution in [3.63, 3.8) is 0 Å². The third-order valence-corrected chi connectivity index (χ3v) is 5.74. The number of aryl methyl sites for hydroxylation is 1. The van der Waals surface area contributed by atoms with Crippen LogP contribution in [-0.2, 0) is 28.1 Å². The van der Waals surface area contributed by atoms with Gasteiger partial charge in [-0.3, -0.25) is 0 Å². The van der Waals surface area contributed by atoms with Crippen LogP contribution in [-0.4, -0.2) is 15.7 Å². The van der Waals surface area contributed by atoms with Crippen molar-refractivity contribution in [2.75, 3.05) is 0 Å². The van der Waals surface area contributed by atoms with Crippen molar-refractivity contribution >= 4 is 35.2 Å². The lowest BCUT2D eigenvalue weighted by molar-refractivity contribution is -0.138. The molecule has 0 saturated heterocycles. The predicted octanol–water partition coefficient (Wildman–Crippen LogP) is 6.60. The lowest BCUT2D eigenvalue weighted by Gasteiger charge is -2.19. The number of nitrogens with zero attached hydrogens (tertiary/aromatic N) is 2. The third-order valence-electron chi connectivity index (χ3n) is 4.97. The lowest BCUT2D eigenvalue weighted by atomic mass is 9.87. The summed E-state index contributed by atoms with van der Waals surface area (Å²) in [5, 5.41) is 5.57. The van der Waals surface area contributed by atoms with Crippen LogP contribution in [0.3, 0.4) is 0 Å². The van der Waals surface area contributed by atoms with E-state index >= 15 is 0 Å². The normalized spacial score (nSPS) is 11.8. The minimum atomic E-state index is -0.436. The van der Waals surface area contributed by atoms with Gasteiger partial charge in [-0.05, 0) is 41.2 Å². The average molecular weight is 457 g/mol. The average Bonchev–Trinajstić information content (AvgIpc) is 2.99. The standard InChI is InChI=1S/C25H26Cl2N2O2/c1-17-21(24(27)29(28-17)15-19-7-5-6-8-22(19)26)13-14-23(30)31-16-18-9-11-20(12-10-18)25(2,3)4/h5-14H,15-16H2,1-4H3. The van der Waals surface area contributed by atoms with Crippen LogP contribution < -0.4 is 0 Å². The van der Waals surface area contributed by atoms with E-state index in [-0.39, 0.29) is 12.0 Å². The summed E-state index contributed by atoms with van der Waals surface area (Å²) in [5.74, 6) is -0.436. The Hall–Kier alpha value is -2.56. The third kappa shape index (κ3) is 5.99. The van der Waals surface area contributed by atoms with Crippen LogP contribution >= 0.6 is 23.2 Å². The molecule has 2 aromatic carbocycles.